The van der Waals surface area contributed by atoms with Crippen molar-refractivity contribution in [2.24, 2.45) is 0 Å². The summed E-state index contributed by atoms with van der Waals surface area (Å²) >= 11 is 0. The van der Waals surface area contributed by atoms with Gasteiger partial charge in [0.25, 0.3) is 0 Å². The Balaban J connectivity index is 1.54. The number of benzene rings is 1. The fourth-order valence-electron chi connectivity index (χ4n) is 3.08. The number of aryl methyl sites for hydroxylation is 1. The van der Waals surface area contributed by atoms with Gasteiger partial charge in [-0.1, -0.05) is 12.1 Å². The van der Waals surface area contributed by atoms with E-state index in [1.807, 2.05) is 34.9 Å². The summed E-state index contributed by atoms with van der Waals surface area (Å²) in [5.41, 5.74) is 10.3. The first-order valence-electron chi connectivity index (χ1n) is 7.21. The highest BCUT2D eigenvalue weighted by atomic mass is 15.3. The van der Waals surface area contributed by atoms with E-state index in [0.717, 1.165) is 30.0 Å². The zero-order valence-corrected chi connectivity index (χ0v) is 11.7. The van der Waals surface area contributed by atoms with E-state index in [1.165, 1.54) is 11.1 Å². The van der Waals surface area contributed by atoms with Crippen LogP contribution in [0.4, 0.5) is 5.69 Å². The Morgan fingerprint density at radius 3 is 3.14 bits per heavy atom. The Morgan fingerprint density at radius 1 is 1.24 bits per heavy atom. The molecule has 0 amide bonds. The van der Waals surface area contributed by atoms with E-state index in [9.17, 15) is 0 Å². The molecule has 1 aliphatic carbocycles. The number of aromatic nitrogens is 3. The summed E-state index contributed by atoms with van der Waals surface area (Å²) < 4.78 is 2.02. The van der Waals surface area contributed by atoms with Crippen LogP contribution in [0.2, 0.25) is 0 Å². The second-order valence-corrected chi connectivity index (χ2v) is 5.48. The first kappa shape index (κ1) is 12.3. The van der Waals surface area contributed by atoms with Gasteiger partial charge in [-0.15, -0.1) is 10.2 Å². The average molecular weight is 279 g/mol. The Bertz CT molecular complexity index is 792. The van der Waals surface area contributed by atoms with Gasteiger partial charge in [0, 0.05) is 17.9 Å². The number of nitrogens with zero attached hydrogens (tertiary/aromatic N) is 3. The van der Waals surface area contributed by atoms with E-state index < -0.39 is 0 Å². The van der Waals surface area contributed by atoms with E-state index in [-0.39, 0.29) is 0 Å². The molecule has 0 bridgehead atoms. The smallest absolute Gasteiger partial charge is 0.160 e. The molecule has 0 spiro atoms. The molecule has 5 heteroatoms. The van der Waals surface area contributed by atoms with Crippen LogP contribution in [0.3, 0.4) is 0 Å². The largest absolute Gasteiger partial charge is 0.399 e. The van der Waals surface area contributed by atoms with E-state index >= 15 is 0 Å². The molecule has 3 aromatic rings. The summed E-state index contributed by atoms with van der Waals surface area (Å²) in [6.45, 7) is 0.708. The van der Waals surface area contributed by atoms with E-state index in [0.29, 0.717) is 12.6 Å². The predicted molar refractivity (Wildman–Crippen MR) is 81.7 cm³/mol. The molecule has 3 N–H and O–H groups in total. The lowest BCUT2D eigenvalue weighted by molar-refractivity contribution is 0.517. The maximum absolute atomic E-state index is 5.85. The van der Waals surface area contributed by atoms with Gasteiger partial charge in [-0.2, -0.15) is 0 Å². The molecule has 1 aliphatic rings. The van der Waals surface area contributed by atoms with E-state index in [2.05, 4.69) is 27.6 Å². The lowest BCUT2D eigenvalue weighted by atomic mass is 10.1. The summed E-state index contributed by atoms with van der Waals surface area (Å²) in [7, 11) is 0. The first-order valence-corrected chi connectivity index (χ1v) is 7.21. The van der Waals surface area contributed by atoms with E-state index in [4.69, 9.17) is 5.73 Å². The average Bonchev–Trinajstić information content (AvgIpc) is 3.08. The Hall–Kier alpha value is -2.40. The summed E-state index contributed by atoms with van der Waals surface area (Å²) in [6.07, 6.45) is 4.18. The monoisotopic (exact) mass is 279 g/mol. The van der Waals surface area contributed by atoms with Gasteiger partial charge in [-0.3, -0.25) is 4.40 Å². The fourth-order valence-corrected chi connectivity index (χ4v) is 3.08. The standard InChI is InChI=1S/C16H17N5/c17-12-5-6-13-11(9-12)4-7-14(13)18-10-16-20-19-15-3-1-2-8-21(15)16/h1-3,5-6,8-9,14,18H,4,7,10,17H2. The van der Waals surface area contributed by atoms with Crippen molar-refractivity contribution < 1.29 is 0 Å². The Labute approximate surface area is 122 Å². The van der Waals surface area contributed by atoms with Gasteiger partial charge in [-0.25, -0.2) is 0 Å². The minimum Gasteiger partial charge on any atom is -0.399 e. The summed E-state index contributed by atoms with van der Waals surface area (Å²) in [4.78, 5) is 0. The number of fused-ring (bicyclic) bond motifs is 2. The number of nitrogens with one attached hydrogen (secondary N) is 1. The van der Waals surface area contributed by atoms with Crippen molar-refractivity contribution in [3.8, 4) is 0 Å². The van der Waals surface area contributed by atoms with Gasteiger partial charge >= 0.3 is 0 Å². The molecule has 21 heavy (non-hydrogen) atoms. The SMILES string of the molecule is Nc1ccc2c(c1)CCC2NCc1nnc2ccccn12. The number of hydrogen-bond donors (Lipinski definition) is 2. The molecule has 4 rings (SSSR count). The minimum absolute atomic E-state index is 0.372. The number of nitrogen functional groups attached to an aromatic ring is 1. The van der Waals surface area contributed by atoms with Gasteiger partial charge < -0.3 is 11.1 Å². The molecule has 106 valence electrons. The van der Waals surface area contributed by atoms with Crippen LogP contribution in [0, 0.1) is 0 Å². The molecule has 1 atom stereocenters. The topological polar surface area (TPSA) is 68.2 Å². The molecule has 1 unspecified atom stereocenters. The van der Waals surface area contributed by atoms with Crippen molar-refractivity contribution in [3.63, 3.8) is 0 Å². The lowest BCUT2D eigenvalue weighted by Gasteiger charge is -2.13. The van der Waals surface area contributed by atoms with Crippen LogP contribution in [0.5, 0.6) is 0 Å². The molecular weight excluding hydrogens is 262 g/mol. The molecule has 1 aromatic carbocycles. The highest BCUT2D eigenvalue weighted by molar-refractivity contribution is 5.47. The Morgan fingerprint density at radius 2 is 2.19 bits per heavy atom. The lowest BCUT2D eigenvalue weighted by Crippen LogP contribution is -2.20. The number of nitrogens with two attached hydrogens (primary N) is 1. The summed E-state index contributed by atoms with van der Waals surface area (Å²) in [6, 6.07) is 12.5. The summed E-state index contributed by atoms with van der Waals surface area (Å²) in [5.74, 6) is 0.939. The van der Waals surface area contributed by atoms with Crippen LogP contribution in [-0.4, -0.2) is 14.6 Å². The van der Waals surface area contributed by atoms with Crippen LogP contribution in [-0.2, 0) is 13.0 Å². The van der Waals surface area contributed by atoms with Crippen LogP contribution in [0.15, 0.2) is 42.6 Å². The maximum Gasteiger partial charge on any atom is 0.160 e. The third kappa shape index (κ3) is 2.15. The van der Waals surface area contributed by atoms with Gasteiger partial charge in [0.15, 0.2) is 11.5 Å². The molecular formula is C16H17N5. The van der Waals surface area contributed by atoms with Crippen molar-refractivity contribution in [2.45, 2.75) is 25.4 Å². The zero-order chi connectivity index (χ0) is 14.2. The molecule has 0 saturated heterocycles. The first-order chi connectivity index (χ1) is 10.3. The van der Waals surface area contributed by atoms with Crippen LogP contribution < -0.4 is 11.1 Å². The van der Waals surface area contributed by atoms with Gasteiger partial charge in [0.05, 0.1) is 6.54 Å². The van der Waals surface area contributed by atoms with Crippen molar-refractivity contribution in [2.75, 3.05) is 5.73 Å². The van der Waals surface area contributed by atoms with Crippen molar-refractivity contribution >= 4 is 11.3 Å². The quantitative estimate of drug-likeness (QED) is 0.720. The van der Waals surface area contributed by atoms with Crippen LogP contribution in [0.25, 0.3) is 5.65 Å². The summed E-state index contributed by atoms with van der Waals surface area (Å²) in [5, 5.41) is 12.0. The second kappa shape index (κ2) is 4.86. The highest BCUT2D eigenvalue weighted by Crippen LogP contribution is 2.32. The molecule has 5 nitrogen and oxygen atoms in total. The number of pyridine rings is 1. The fraction of sp³-hybridized carbons (Fsp3) is 0.250. The van der Waals surface area contributed by atoms with Gasteiger partial charge in [0.2, 0.25) is 0 Å². The number of rotatable bonds is 3. The van der Waals surface area contributed by atoms with Gasteiger partial charge in [0.1, 0.15) is 0 Å². The maximum atomic E-state index is 5.85. The zero-order valence-electron chi connectivity index (χ0n) is 11.7. The van der Waals surface area contributed by atoms with Gasteiger partial charge in [-0.05, 0) is 48.2 Å². The molecule has 0 fully saturated rings. The minimum atomic E-state index is 0.372. The van der Waals surface area contributed by atoms with Crippen molar-refractivity contribution in [3.05, 3.63) is 59.5 Å². The number of hydrogen-bond acceptors (Lipinski definition) is 4. The molecule has 0 saturated carbocycles. The predicted octanol–water partition coefficient (Wildman–Crippen LogP) is 2.09. The van der Waals surface area contributed by atoms with Crippen LogP contribution in [0.1, 0.15) is 29.4 Å². The third-order valence-electron chi connectivity index (χ3n) is 4.14. The van der Waals surface area contributed by atoms with E-state index in [1.54, 1.807) is 0 Å². The number of anilines is 1. The molecule has 0 radical (unpaired) electrons. The van der Waals surface area contributed by atoms with Crippen molar-refractivity contribution in [1.82, 2.24) is 19.9 Å². The second-order valence-electron chi connectivity index (χ2n) is 5.48. The normalized spacial score (nSPS) is 17.2. The van der Waals surface area contributed by atoms with Crippen LogP contribution >= 0.6 is 0 Å². The molecule has 2 aromatic heterocycles. The highest BCUT2D eigenvalue weighted by Gasteiger charge is 2.22. The molecule has 2 heterocycles. The Kier molecular flexibility index (Phi) is 2.86. The van der Waals surface area contributed by atoms with Crippen molar-refractivity contribution in [1.29, 1.82) is 0 Å². The third-order valence-corrected chi connectivity index (χ3v) is 4.14. The molecule has 0 aliphatic heterocycles.